The minimum Gasteiger partial charge on any atom is -0.321 e. The van der Waals surface area contributed by atoms with Gasteiger partial charge < -0.3 is 5.73 Å². The molecule has 0 saturated heterocycles. The molecule has 1 fully saturated rings. The van der Waals surface area contributed by atoms with Gasteiger partial charge in [0, 0.05) is 17.3 Å². The van der Waals surface area contributed by atoms with Gasteiger partial charge in [0.2, 0.25) is 5.95 Å². The summed E-state index contributed by atoms with van der Waals surface area (Å²) in [7, 11) is 0. The molecule has 0 atom stereocenters. The molecule has 0 unspecified atom stereocenters. The Bertz CT molecular complexity index is 343. The molecule has 3 heteroatoms. The van der Waals surface area contributed by atoms with Crippen molar-refractivity contribution in [1.29, 1.82) is 0 Å². The van der Waals surface area contributed by atoms with Crippen LogP contribution in [0.25, 0.3) is 0 Å². The number of nitrogens with two attached hydrogens (primary N) is 1. The summed E-state index contributed by atoms with van der Waals surface area (Å²) in [5, 5.41) is 0. The molecule has 1 aliphatic carbocycles. The molecule has 2 N–H and O–H groups in total. The second-order valence-corrected chi connectivity index (χ2v) is 4.19. The molecular weight excluding hydrogens is 179 g/mol. The summed E-state index contributed by atoms with van der Waals surface area (Å²) < 4.78 is 13.0. The number of aryl methyl sites for hydroxylation is 1. The van der Waals surface area contributed by atoms with Gasteiger partial charge in [0.05, 0.1) is 0 Å². The molecule has 2 nitrogen and oxygen atoms in total. The molecule has 1 aromatic heterocycles. The molecule has 1 aromatic rings. The van der Waals surface area contributed by atoms with Crippen LogP contribution in [0.5, 0.6) is 0 Å². The minimum atomic E-state index is -0.393. The van der Waals surface area contributed by atoms with E-state index in [-0.39, 0.29) is 5.54 Å². The maximum absolute atomic E-state index is 13.0. The van der Waals surface area contributed by atoms with E-state index >= 15 is 0 Å². The highest BCUT2D eigenvalue weighted by molar-refractivity contribution is 5.26. The van der Waals surface area contributed by atoms with Gasteiger partial charge in [0.15, 0.2) is 0 Å². The van der Waals surface area contributed by atoms with E-state index in [1.165, 1.54) is 0 Å². The van der Waals surface area contributed by atoms with Crippen LogP contribution in [0.15, 0.2) is 12.3 Å². The van der Waals surface area contributed by atoms with E-state index in [0.29, 0.717) is 5.56 Å². The van der Waals surface area contributed by atoms with Gasteiger partial charge in [0.1, 0.15) is 0 Å². The molecule has 0 spiro atoms. The molecule has 0 aromatic carbocycles. The van der Waals surface area contributed by atoms with Crippen molar-refractivity contribution in [1.82, 2.24) is 4.98 Å². The molecule has 0 radical (unpaired) electrons. The zero-order valence-corrected chi connectivity index (χ0v) is 8.39. The molecule has 14 heavy (non-hydrogen) atoms. The Morgan fingerprint density at radius 1 is 1.43 bits per heavy atom. The zero-order valence-electron chi connectivity index (χ0n) is 8.39. The molecule has 1 saturated carbocycles. The van der Waals surface area contributed by atoms with Gasteiger partial charge in [-0.3, -0.25) is 0 Å². The summed E-state index contributed by atoms with van der Waals surface area (Å²) in [5.74, 6) is -0.393. The van der Waals surface area contributed by atoms with Gasteiger partial charge in [-0.1, -0.05) is 12.8 Å². The maximum Gasteiger partial charge on any atom is 0.215 e. The summed E-state index contributed by atoms with van der Waals surface area (Å²) in [6, 6.07) is 1.83. The summed E-state index contributed by atoms with van der Waals surface area (Å²) in [4.78, 5) is 3.72. The van der Waals surface area contributed by atoms with Crippen LogP contribution in [-0.4, -0.2) is 4.98 Å². The predicted octanol–water partition coefficient (Wildman–Crippen LogP) is 2.26. The van der Waals surface area contributed by atoms with Gasteiger partial charge in [-0.2, -0.15) is 4.39 Å². The first-order valence-corrected chi connectivity index (χ1v) is 5.03. The van der Waals surface area contributed by atoms with Gasteiger partial charge in [-0.05, 0) is 31.4 Å². The standard InChI is InChI=1S/C11H15FN2/c1-8-6-9(7-14-10(8)12)11(13)4-2-3-5-11/h6-7H,2-5,13H2,1H3. The lowest BCUT2D eigenvalue weighted by Gasteiger charge is -2.23. The predicted molar refractivity (Wildman–Crippen MR) is 53.3 cm³/mol. The zero-order chi connectivity index (χ0) is 10.2. The van der Waals surface area contributed by atoms with Crippen molar-refractivity contribution in [2.24, 2.45) is 5.73 Å². The van der Waals surface area contributed by atoms with Gasteiger partial charge in [-0.15, -0.1) is 0 Å². The van der Waals surface area contributed by atoms with Crippen LogP contribution in [0.4, 0.5) is 4.39 Å². The average molecular weight is 194 g/mol. The van der Waals surface area contributed by atoms with Crippen LogP contribution < -0.4 is 5.73 Å². The third-order valence-corrected chi connectivity index (χ3v) is 3.09. The number of hydrogen-bond donors (Lipinski definition) is 1. The number of nitrogens with zero attached hydrogens (tertiary/aromatic N) is 1. The Morgan fingerprint density at radius 2 is 2.07 bits per heavy atom. The van der Waals surface area contributed by atoms with Gasteiger partial charge in [0.25, 0.3) is 0 Å². The van der Waals surface area contributed by atoms with Crippen molar-refractivity contribution in [2.75, 3.05) is 0 Å². The van der Waals surface area contributed by atoms with Crippen LogP contribution in [0.2, 0.25) is 0 Å². The Kier molecular flexibility index (Phi) is 2.27. The van der Waals surface area contributed by atoms with E-state index in [0.717, 1.165) is 31.2 Å². The monoisotopic (exact) mass is 194 g/mol. The first-order chi connectivity index (χ1) is 6.62. The van der Waals surface area contributed by atoms with Crippen molar-refractivity contribution in [3.05, 3.63) is 29.3 Å². The second-order valence-electron chi connectivity index (χ2n) is 4.19. The Balaban J connectivity index is 2.36. The SMILES string of the molecule is Cc1cc(C2(N)CCCC2)cnc1F. The first-order valence-electron chi connectivity index (χ1n) is 5.03. The van der Waals surface area contributed by atoms with E-state index < -0.39 is 5.95 Å². The molecule has 1 aliphatic rings. The van der Waals surface area contributed by atoms with Crippen LogP contribution >= 0.6 is 0 Å². The van der Waals surface area contributed by atoms with E-state index in [2.05, 4.69) is 4.98 Å². The van der Waals surface area contributed by atoms with E-state index in [4.69, 9.17) is 5.73 Å². The average Bonchev–Trinajstić information content (AvgIpc) is 2.58. The lowest BCUT2D eigenvalue weighted by molar-refractivity contribution is 0.456. The van der Waals surface area contributed by atoms with E-state index in [9.17, 15) is 4.39 Å². The van der Waals surface area contributed by atoms with Crippen molar-refractivity contribution >= 4 is 0 Å². The fraction of sp³-hybridized carbons (Fsp3) is 0.545. The summed E-state index contributed by atoms with van der Waals surface area (Å²) >= 11 is 0. The summed E-state index contributed by atoms with van der Waals surface area (Å²) in [6.07, 6.45) is 5.87. The van der Waals surface area contributed by atoms with Gasteiger partial charge in [-0.25, -0.2) is 4.98 Å². The van der Waals surface area contributed by atoms with Crippen molar-refractivity contribution in [3.63, 3.8) is 0 Å². The smallest absolute Gasteiger partial charge is 0.215 e. The van der Waals surface area contributed by atoms with Crippen LogP contribution in [0.3, 0.4) is 0 Å². The lowest BCUT2D eigenvalue weighted by atomic mass is 9.90. The molecule has 2 rings (SSSR count). The quantitative estimate of drug-likeness (QED) is 0.696. The van der Waals surface area contributed by atoms with Gasteiger partial charge >= 0.3 is 0 Å². The van der Waals surface area contributed by atoms with Crippen molar-refractivity contribution in [3.8, 4) is 0 Å². The Labute approximate surface area is 83.3 Å². The van der Waals surface area contributed by atoms with E-state index in [1.54, 1.807) is 13.1 Å². The van der Waals surface area contributed by atoms with Crippen molar-refractivity contribution < 1.29 is 4.39 Å². The molecule has 1 heterocycles. The highest BCUT2D eigenvalue weighted by Crippen LogP contribution is 2.36. The Hall–Kier alpha value is -0.960. The topological polar surface area (TPSA) is 38.9 Å². The Morgan fingerprint density at radius 3 is 2.64 bits per heavy atom. The number of rotatable bonds is 1. The lowest BCUT2D eigenvalue weighted by Crippen LogP contribution is -2.33. The summed E-state index contributed by atoms with van der Waals surface area (Å²) in [5.41, 5.74) is 7.54. The number of hydrogen-bond acceptors (Lipinski definition) is 2. The summed E-state index contributed by atoms with van der Waals surface area (Å²) in [6.45, 7) is 1.73. The third-order valence-electron chi connectivity index (χ3n) is 3.09. The highest BCUT2D eigenvalue weighted by atomic mass is 19.1. The number of halogens is 1. The molecule has 76 valence electrons. The molecule has 0 aliphatic heterocycles. The molecule has 0 amide bonds. The fourth-order valence-corrected chi connectivity index (χ4v) is 2.12. The second kappa shape index (κ2) is 3.31. The van der Waals surface area contributed by atoms with Crippen molar-refractivity contribution in [2.45, 2.75) is 38.1 Å². The normalized spacial score (nSPS) is 19.9. The maximum atomic E-state index is 13.0. The highest BCUT2D eigenvalue weighted by Gasteiger charge is 2.31. The fourth-order valence-electron chi connectivity index (χ4n) is 2.12. The minimum absolute atomic E-state index is 0.258. The number of pyridine rings is 1. The first kappa shape index (κ1) is 9.59. The van der Waals surface area contributed by atoms with E-state index in [1.807, 2.05) is 6.07 Å². The van der Waals surface area contributed by atoms with Crippen LogP contribution in [0, 0.1) is 12.9 Å². The molecular formula is C11H15FN2. The van der Waals surface area contributed by atoms with Crippen LogP contribution in [-0.2, 0) is 5.54 Å². The number of aromatic nitrogens is 1. The third kappa shape index (κ3) is 1.52. The largest absolute Gasteiger partial charge is 0.321 e. The molecule has 0 bridgehead atoms. The van der Waals surface area contributed by atoms with Crippen LogP contribution in [0.1, 0.15) is 36.8 Å².